The largest absolute Gasteiger partial charge is 0.494 e. The summed E-state index contributed by atoms with van der Waals surface area (Å²) in [6.45, 7) is 11.3. The number of rotatable bonds is 38. The number of nitrogens with one attached hydrogen (secondary N) is 5. The molecule has 0 bridgehead atoms. The zero-order valence-corrected chi connectivity index (χ0v) is 56.4. The molecule has 0 radical (unpaired) electrons. The Labute approximate surface area is 563 Å². The van der Waals surface area contributed by atoms with Gasteiger partial charge in [0.2, 0.25) is 64.8 Å². The van der Waals surface area contributed by atoms with Gasteiger partial charge in [-0.1, -0.05) is 78.9 Å². The molecule has 4 aromatic heterocycles. The Morgan fingerprint density at radius 3 is 1.89 bits per heavy atom. The number of imide groups is 1. The number of imidazole rings is 2. The summed E-state index contributed by atoms with van der Waals surface area (Å²) in [5.41, 5.74) is 13.6. The number of aromatic nitrogens is 6. The maximum absolute atomic E-state index is 14.5. The molecule has 31 nitrogen and oxygen atoms in total. The summed E-state index contributed by atoms with van der Waals surface area (Å²) in [5.74, 6) is -7.07. The van der Waals surface area contributed by atoms with Gasteiger partial charge in [-0.15, -0.1) is 0 Å². The molecule has 1 aliphatic heterocycles. The van der Waals surface area contributed by atoms with Crippen LogP contribution in [-0.4, -0.2) is 155 Å². The van der Waals surface area contributed by atoms with Crippen LogP contribution in [0, 0.1) is 18.8 Å². The Bertz CT molecular complexity index is 3960. The zero-order valence-electron chi connectivity index (χ0n) is 55.5. The number of carboxylic acids is 1. The minimum absolute atomic E-state index is 0.00613. The van der Waals surface area contributed by atoms with Crippen LogP contribution in [0.5, 0.6) is 11.5 Å². The molecule has 6 aromatic rings. The second-order valence-electron chi connectivity index (χ2n) is 23.6. The van der Waals surface area contributed by atoms with E-state index in [1.165, 1.54) is 44.7 Å². The number of aryl methyl sites for hydroxylation is 4. The van der Waals surface area contributed by atoms with E-state index in [1.54, 1.807) is 28.2 Å². The smallest absolute Gasteiger partial charge is 0.328 e. The molecule has 1 aliphatic rings. The summed E-state index contributed by atoms with van der Waals surface area (Å²) in [6, 6.07) is 3.00. The van der Waals surface area contributed by atoms with Crippen molar-refractivity contribution >= 4 is 112 Å². The number of carbonyl (C=O) groups excluding carboxylic acids is 10. The Balaban J connectivity index is 1.10. The van der Waals surface area contributed by atoms with E-state index in [-0.39, 0.29) is 108 Å². The molecule has 7 rings (SSSR count). The van der Waals surface area contributed by atoms with E-state index >= 15 is 0 Å². The van der Waals surface area contributed by atoms with Crippen molar-refractivity contribution in [3.63, 3.8) is 0 Å². The lowest BCUT2D eigenvalue weighted by Gasteiger charge is -2.20. The van der Waals surface area contributed by atoms with Crippen molar-refractivity contribution in [2.24, 2.45) is 23.3 Å². The zero-order chi connectivity index (χ0) is 70.8. The molecule has 97 heavy (non-hydrogen) atoms. The molecule has 4 atom stereocenters. The number of fused-ring (bicyclic) bond motifs is 2. The van der Waals surface area contributed by atoms with Gasteiger partial charge in [0.05, 0.1) is 54.5 Å². The van der Waals surface area contributed by atoms with Gasteiger partial charge in [-0.2, -0.15) is 12.6 Å². The van der Waals surface area contributed by atoms with Crippen LogP contribution in [0.4, 0.5) is 11.9 Å². The number of hydrogen-bond acceptors (Lipinski definition) is 21. The van der Waals surface area contributed by atoms with Gasteiger partial charge in [0, 0.05) is 56.8 Å². The molecule has 2 aromatic carbocycles. The third-order valence-corrected chi connectivity index (χ3v) is 16.4. The third-order valence-electron chi connectivity index (χ3n) is 16.0. The number of oxazole rings is 2. The summed E-state index contributed by atoms with van der Waals surface area (Å²) in [5, 5.41) is 21.0. The number of nitrogens with zero attached hydrogens (tertiary/aromatic N) is 7. The van der Waals surface area contributed by atoms with E-state index in [0.29, 0.717) is 58.8 Å². The van der Waals surface area contributed by atoms with Crippen molar-refractivity contribution in [1.82, 2.24) is 49.9 Å². The Hall–Kier alpha value is -10.1. The van der Waals surface area contributed by atoms with Crippen molar-refractivity contribution in [3.05, 3.63) is 82.2 Å². The maximum atomic E-state index is 14.5. The van der Waals surface area contributed by atoms with Crippen molar-refractivity contribution < 1.29 is 80.9 Å². The lowest BCUT2D eigenvalue weighted by molar-refractivity contribution is -0.147. The van der Waals surface area contributed by atoms with Crippen LogP contribution in [0.15, 0.2) is 45.3 Å². The SMILES string of the molecule is CCc1nc(C)oc1C(=O)Nc1nc2cc(C(N)=O)cc(OC)c2n1C/C=C/Cn1c(NC(=O)c2oc(CCC(CC)CCCCC(C)C)nc2CC)nc2cc(C(N)=O)cc(OCCCOC(=O)[C@H](C)NC(=O)CNC(=O)[C@@H](CCC(=O)O)NC(=O)CN3C(=O)CC(S)C3=O)c21. The van der Waals surface area contributed by atoms with Crippen LogP contribution in [0.3, 0.4) is 0 Å². The van der Waals surface area contributed by atoms with Crippen molar-refractivity contribution in [3.8, 4) is 11.5 Å². The van der Waals surface area contributed by atoms with Gasteiger partial charge in [-0.25, -0.2) is 24.7 Å². The number of allylic oxidation sites excluding steroid dienone is 2. The first kappa shape index (κ1) is 74.3. The molecule has 10 N–H and O–H groups in total. The van der Waals surface area contributed by atoms with Crippen LogP contribution in [0.1, 0.15) is 171 Å². The molecule has 1 saturated heterocycles. The number of thiol groups is 1. The number of carbonyl (C=O) groups is 11. The molecule has 5 heterocycles. The van der Waals surface area contributed by atoms with E-state index in [1.807, 2.05) is 13.8 Å². The topological polar surface area (TPSA) is 439 Å². The molecule has 0 spiro atoms. The fourth-order valence-corrected chi connectivity index (χ4v) is 11.1. The Morgan fingerprint density at radius 1 is 0.742 bits per heavy atom. The highest BCUT2D eigenvalue weighted by Gasteiger charge is 2.38. The maximum Gasteiger partial charge on any atom is 0.328 e. The first-order chi connectivity index (χ1) is 46.2. The van der Waals surface area contributed by atoms with Crippen LogP contribution in [-0.2, 0) is 70.7 Å². The monoisotopic (exact) mass is 1360 g/mol. The number of nitrogens with two attached hydrogens (primary N) is 2. The number of amides is 9. The van der Waals surface area contributed by atoms with Gasteiger partial charge in [0.1, 0.15) is 41.2 Å². The fraction of sp³-hybridized carbons (Fsp3) is 0.492. The Kier molecular flexibility index (Phi) is 26.4. The van der Waals surface area contributed by atoms with E-state index in [2.05, 4.69) is 70.0 Å². The predicted octanol–water partition coefficient (Wildman–Crippen LogP) is 5.28. The molecule has 9 amide bonds. The normalized spacial score (nSPS) is 14.0. The number of anilines is 2. The molecule has 32 heteroatoms. The summed E-state index contributed by atoms with van der Waals surface area (Å²) in [4.78, 5) is 161. The molecule has 522 valence electrons. The number of ether oxygens (including phenoxy) is 3. The van der Waals surface area contributed by atoms with Gasteiger partial charge in [-0.05, 0) is 68.7 Å². The molecular formula is C65H84N14O17S. The van der Waals surface area contributed by atoms with Gasteiger partial charge in [-0.3, -0.25) is 63.5 Å². The number of aliphatic carboxylic acids is 1. The first-order valence-electron chi connectivity index (χ1n) is 32.1. The van der Waals surface area contributed by atoms with Crippen LogP contribution >= 0.6 is 12.6 Å². The number of primary amides is 2. The minimum atomic E-state index is -1.48. The average molecular weight is 1370 g/mol. The number of benzene rings is 2. The number of likely N-dealkylation sites (tertiary alicyclic amines) is 1. The lowest BCUT2D eigenvalue weighted by atomic mass is 9.93. The lowest BCUT2D eigenvalue weighted by Crippen LogP contribution is -2.52. The summed E-state index contributed by atoms with van der Waals surface area (Å²) in [7, 11) is 1.40. The summed E-state index contributed by atoms with van der Waals surface area (Å²) >= 11 is 4.02. The second-order valence-corrected chi connectivity index (χ2v) is 24.3. The molecule has 0 saturated carbocycles. The van der Waals surface area contributed by atoms with E-state index in [9.17, 15) is 57.8 Å². The molecule has 2 unspecified atom stereocenters. The number of carboxylic acid groups (broad SMARTS) is 1. The Morgan fingerprint density at radius 2 is 1.33 bits per heavy atom. The number of esters is 1. The second kappa shape index (κ2) is 34.5. The third kappa shape index (κ3) is 19.7. The minimum Gasteiger partial charge on any atom is -0.494 e. The summed E-state index contributed by atoms with van der Waals surface area (Å²) < 4.78 is 32.6. The standard InChI is InChI=1S/C65H84N14O17S/c1-9-37(18-13-12-17-34(4)5)19-21-50-72-41(11-3)56(96-50)61(89)76-65-74-44-28-39(58(67)86)30-46(93-25-16-26-94-63(91)35(6)69-48(80)32-68-59(87)42(20-22-52(83)84)71-49(81)33-79-51(82)31-47(97)62(79)90)54(44)78(65)24-15-14-23-77-53-43(27-38(57(66)85)29-45(53)92-8)73-64(77)75-60(88)55-40(10-2)70-36(7)95-55/h14-15,27-30,34-35,37,42,47,97H,9-13,16-26,31-33H2,1-8H3,(H2,66,85)(H2,67,86)(H,68,87)(H,69,80)(H,71,81)(H,83,84)(H,73,75,88)(H,74,76,89)/b15-14+/t35-,37?,42+,47?/m0/s1. The molecule has 1 fully saturated rings. The number of methoxy groups -OCH3 is 1. The highest BCUT2D eigenvalue weighted by Crippen LogP contribution is 2.34. The first-order valence-corrected chi connectivity index (χ1v) is 32.6. The summed E-state index contributed by atoms with van der Waals surface area (Å²) in [6.07, 6.45) is 9.93. The molecule has 0 aliphatic carbocycles. The van der Waals surface area contributed by atoms with E-state index < -0.39 is 108 Å². The van der Waals surface area contributed by atoms with Gasteiger partial charge >= 0.3 is 11.9 Å². The average Bonchev–Trinajstić information content (AvgIpc) is 1.63. The highest BCUT2D eigenvalue weighted by molar-refractivity contribution is 7.81. The van der Waals surface area contributed by atoms with Crippen molar-refractivity contribution in [2.75, 3.05) is 44.0 Å². The van der Waals surface area contributed by atoms with Crippen LogP contribution in [0.25, 0.3) is 22.1 Å². The van der Waals surface area contributed by atoms with E-state index in [4.69, 9.17) is 44.5 Å². The number of hydrogen-bond donors (Lipinski definition) is 9. The van der Waals surface area contributed by atoms with Crippen molar-refractivity contribution in [2.45, 2.75) is 162 Å². The van der Waals surface area contributed by atoms with Gasteiger partial charge in [0.25, 0.3) is 11.8 Å². The van der Waals surface area contributed by atoms with E-state index in [0.717, 1.165) is 32.1 Å². The predicted molar refractivity (Wildman–Crippen MR) is 355 cm³/mol. The number of unbranched alkanes of at least 4 members (excludes halogenated alkanes) is 1. The fourth-order valence-electron chi connectivity index (χ4n) is 10.8. The quantitative estimate of drug-likeness (QED) is 0.00782. The molecular weight excluding hydrogens is 1280 g/mol. The van der Waals surface area contributed by atoms with Crippen molar-refractivity contribution in [1.29, 1.82) is 0 Å². The van der Waals surface area contributed by atoms with Gasteiger partial charge in [0.15, 0.2) is 11.8 Å². The van der Waals surface area contributed by atoms with Crippen LogP contribution < -0.4 is 47.5 Å². The highest BCUT2D eigenvalue weighted by atomic mass is 32.1. The van der Waals surface area contributed by atoms with Gasteiger partial charge < -0.3 is 64.7 Å². The van der Waals surface area contributed by atoms with Crippen LogP contribution in [0.2, 0.25) is 0 Å².